The first kappa shape index (κ1) is 22.4. The number of likely N-dealkylation sites (tertiary alicyclic amines) is 1. The summed E-state index contributed by atoms with van der Waals surface area (Å²) in [5, 5.41) is 18.4. The van der Waals surface area contributed by atoms with Crippen molar-refractivity contribution < 1.29 is 13.5 Å². The highest BCUT2D eigenvalue weighted by Crippen LogP contribution is 2.30. The zero-order valence-electron chi connectivity index (χ0n) is 18.1. The van der Waals surface area contributed by atoms with Crippen LogP contribution in [-0.2, 0) is 16.6 Å². The van der Waals surface area contributed by atoms with Crippen molar-refractivity contribution in [3.63, 3.8) is 0 Å². The van der Waals surface area contributed by atoms with Crippen molar-refractivity contribution in [2.75, 3.05) is 30.7 Å². The number of rotatable bonds is 8. The summed E-state index contributed by atoms with van der Waals surface area (Å²) in [6.07, 6.45) is 5.08. The summed E-state index contributed by atoms with van der Waals surface area (Å²) in [4.78, 5) is 2.36. The maximum Gasteiger partial charge on any atom is 0.229 e. The Kier molecular flexibility index (Phi) is 6.88. The van der Waals surface area contributed by atoms with E-state index in [-0.39, 0.29) is 12.6 Å². The van der Waals surface area contributed by atoms with E-state index < -0.39 is 10.0 Å². The van der Waals surface area contributed by atoms with Gasteiger partial charge < -0.3 is 5.11 Å². The average Bonchev–Trinajstić information content (AvgIpc) is 3.22. The Morgan fingerprint density at radius 3 is 2.56 bits per heavy atom. The molecule has 1 unspecified atom stereocenters. The number of nitrogens with zero attached hydrogens (tertiary/aromatic N) is 4. The molecule has 0 aliphatic carbocycles. The molecule has 1 aromatic heterocycles. The van der Waals surface area contributed by atoms with Crippen molar-refractivity contribution in [3.05, 3.63) is 77.6 Å². The lowest BCUT2D eigenvalue weighted by Crippen LogP contribution is -2.32. The van der Waals surface area contributed by atoms with Crippen molar-refractivity contribution in [3.8, 4) is 0 Å². The molecular formula is C23H29N5O3S. The molecule has 0 spiro atoms. The van der Waals surface area contributed by atoms with Gasteiger partial charge in [-0.2, -0.15) is 0 Å². The molecule has 0 saturated carbocycles. The van der Waals surface area contributed by atoms with Crippen LogP contribution in [0, 0.1) is 0 Å². The summed E-state index contributed by atoms with van der Waals surface area (Å²) in [5.74, 6) is 0.403. The summed E-state index contributed by atoms with van der Waals surface area (Å²) >= 11 is 0. The monoisotopic (exact) mass is 455 g/mol. The fourth-order valence-electron chi connectivity index (χ4n) is 4.28. The van der Waals surface area contributed by atoms with E-state index in [1.807, 2.05) is 48.7 Å². The number of hydrogen-bond acceptors (Lipinski definition) is 6. The third-order valence-electron chi connectivity index (χ3n) is 5.87. The second-order valence-electron chi connectivity index (χ2n) is 8.35. The summed E-state index contributed by atoms with van der Waals surface area (Å²) < 4.78 is 27.3. The number of aliphatic hydroxyl groups is 1. The third kappa shape index (κ3) is 5.73. The molecule has 0 bridgehead atoms. The summed E-state index contributed by atoms with van der Waals surface area (Å²) in [5.41, 5.74) is 3.66. The topological polar surface area (TPSA) is 100 Å². The van der Waals surface area contributed by atoms with E-state index in [1.165, 1.54) is 0 Å². The largest absolute Gasteiger partial charge is 0.394 e. The molecule has 1 aliphatic rings. The van der Waals surface area contributed by atoms with Gasteiger partial charge in [-0.25, -0.2) is 13.1 Å². The highest BCUT2D eigenvalue weighted by Gasteiger charge is 2.22. The van der Waals surface area contributed by atoms with Crippen LogP contribution < -0.4 is 4.72 Å². The number of sulfonamides is 1. The normalized spacial score (nSPS) is 16.7. The van der Waals surface area contributed by atoms with Gasteiger partial charge in [0.15, 0.2) is 0 Å². The molecule has 1 atom stereocenters. The van der Waals surface area contributed by atoms with Crippen LogP contribution in [0.4, 0.5) is 5.69 Å². The number of anilines is 1. The van der Waals surface area contributed by atoms with Gasteiger partial charge in [0.25, 0.3) is 0 Å². The van der Waals surface area contributed by atoms with Gasteiger partial charge in [-0.15, -0.1) is 5.10 Å². The maximum absolute atomic E-state index is 11.5. The number of aromatic nitrogens is 3. The number of aliphatic hydroxyl groups excluding tert-OH is 1. The van der Waals surface area contributed by atoms with Crippen LogP contribution in [0.15, 0.2) is 60.8 Å². The standard InChI is InChI=1S/C23H29N5O3S/c1-32(30,31)25-21-9-5-8-20(14-21)18-10-12-27(13-11-18)15-22-16-28(26-24-22)23(17-29)19-6-3-2-4-7-19/h2-9,14,16,18,23,25,29H,10-13,15,17H2,1H3. The lowest BCUT2D eigenvalue weighted by atomic mass is 9.89. The number of nitrogens with one attached hydrogen (secondary N) is 1. The molecule has 8 nitrogen and oxygen atoms in total. The van der Waals surface area contributed by atoms with Gasteiger partial charge in [0.1, 0.15) is 6.04 Å². The SMILES string of the molecule is CS(=O)(=O)Nc1cccc(C2CCN(Cc3cn(C(CO)c4ccccc4)nn3)CC2)c1. The highest BCUT2D eigenvalue weighted by molar-refractivity contribution is 7.92. The lowest BCUT2D eigenvalue weighted by molar-refractivity contribution is 0.202. The molecule has 32 heavy (non-hydrogen) atoms. The highest BCUT2D eigenvalue weighted by atomic mass is 32.2. The Labute approximate surface area is 188 Å². The molecule has 1 saturated heterocycles. The van der Waals surface area contributed by atoms with E-state index in [0.29, 0.717) is 11.6 Å². The molecule has 2 heterocycles. The minimum Gasteiger partial charge on any atom is -0.394 e. The fourth-order valence-corrected chi connectivity index (χ4v) is 4.83. The second kappa shape index (κ2) is 9.81. The van der Waals surface area contributed by atoms with E-state index in [0.717, 1.165) is 55.6 Å². The molecule has 1 aliphatic heterocycles. The Morgan fingerprint density at radius 1 is 1.12 bits per heavy atom. The summed E-state index contributed by atoms with van der Waals surface area (Å²) in [7, 11) is -3.28. The summed E-state index contributed by atoms with van der Waals surface area (Å²) in [6.45, 7) is 2.55. The molecule has 1 fully saturated rings. The molecular weight excluding hydrogens is 426 g/mol. The molecule has 170 valence electrons. The van der Waals surface area contributed by atoms with E-state index in [2.05, 4.69) is 26.0 Å². The van der Waals surface area contributed by atoms with Crippen LogP contribution in [0.5, 0.6) is 0 Å². The zero-order valence-corrected chi connectivity index (χ0v) is 18.9. The first-order valence-corrected chi connectivity index (χ1v) is 12.7. The van der Waals surface area contributed by atoms with Gasteiger partial charge in [-0.05, 0) is 55.1 Å². The first-order valence-electron chi connectivity index (χ1n) is 10.8. The van der Waals surface area contributed by atoms with Gasteiger partial charge in [0.05, 0.1) is 24.8 Å². The lowest BCUT2D eigenvalue weighted by Gasteiger charge is -2.31. The maximum atomic E-state index is 11.5. The van der Waals surface area contributed by atoms with Crippen LogP contribution in [0.2, 0.25) is 0 Å². The predicted octanol–water partition coefficient (Wildman–Crippen LogP) is 2.61. The Hall–Kier alpha value is -2.75. The Balaban J connectivity index is 1.35. The fraction of sp³-hybridized carbons (Fsp3) is 0.391. The van der Waals surface area contributed by atoms with Crippen LogP contribution in [0.25, 0.3) is 0 Å². The van der Waals surface area contributed by atoms with E-state index in [9.17, 15) is 13.5 Å². The van der Waals surface area contributed by atoms with Gasteiger partial charge in [0, 0.05) is 12.2 Å². The molecule has 2 N–H and O–H groups in total. The van der Waals surface area contributed by atoms with Crippen molar-refractivity contribution >= 4 is 15.7 Å². The molecule has 0 radical (unpaired) electrons. The van der Waals surface area contributed by atoms with Crippen LogP contribution in [0.1, 0.15) is 41.6 Å². The molecule has 4 rings (SSSR count). The van der Waals surface area contributed by atoms with Crippen LogP contribution in [0.3, 0.4) is 0 Å². The molecule has 0 amide bonds. The van der Waals surface area contributed by atoms with E-state index in [1.54, 1.807) is 10.7 Å². The van der Waals surface area contributed by atoms with E-state index >= 15 is 0 Å². The Morgan fingerprint density at radius 2 is 1.88 bits per heavy atom. The third-order valence-corrected chi connectivity index (χ3v) is 6.48. The minimum absolute atomic E-state index is 0.0362. The van der Waals surface area contributed by atoms with Gasteiger partial charge in [-0.1, -0.05) is 47.7 Å². The van der Waals surface area contributed by atoms with Gasteiger partial charge >= 0.3 is 0 Å². The van der Waals surface area contributed by atoms with Gasteiger partial charge in [-0.3, -0.25) is 9.62 Å². The van der Waals surface area contributed by atoms with Crippen molar-refractivity contribution in [1.82, 2.24) is 19.9 Å². The average molecular weight is 456 g/mol. The van der Waals surface area contributed by atoms with Crippen LogP contribution >= 0.6 is 0 Å². The predicted molar refractivity (Wildman–Crippen MR) is 124 cm³/mol. The molecule has 9 heteroatoms. The second-order valence-corrected chi connectivity index (χ2v) is 10.1. The van der Waals surface area contributed by atoms with Gasteiger partial charge in [0.2, 0.25) is 10.0 Å². The smallest absolute Gasteiger partial charge is 0.229 e. The van der Waals surface area contributed by atoms with Crippen molar-refractivity contribution in [2.24, 2.45) is 0 Å². The summed E-state index contributed by atoms with van der Waals surface area (Å²) in [6, 6.07) is 17.3. The number of hydrogen-bond donors (Lipinski definition) is 2. The van der Waals surface area contributed by atoms with Crippen molar-refractivity contribution in [1.29, 1.82) is 0 Å². The van der Waals surface area contributed by atoms with Crippen LogP contribution in [-0.4, -0.2) is 59.4 Å². The molecule has 3 aromatic rings. The quantitative estimate of drug-likeness (QED) is 0.542. The van der Waals surface area contributed by atoms with E-state index in [4.69, 9.17) is 0 Å². The van der Waals surface area contributed by atoms with Crippen molar-refractivity contribution in [2.45, 2.75) is 31.3 Å². The first-order chi connectivity index (χ1) is 15.4. The minimum atomic E-state index is -3.28. The zero-order chi connectivity index (χ0) is 22.6. The Bertz CT molecular complexity index is 1130. The number of piperidine rings is 1. The number of benzene rings is 2. The molecule has 2 aromatic carbocycles.